The van der Waals surface area contributed by atoms with Crippen LogP contribution in [0.1, 0.15) is 12.6 Å². The molecule has 68 valence electrons. The summed E-state index contributed by atoms with van der Waals surface area (Å²) in [6.45, 7) is 2.72. The van der Waals surface area contributed by atoms with E-state index in [0.29, 0.717) is 5.69 Å². The van der Waals surface area contributed by atoms with Crippen molar-refractivity contribution in [1.82, 2.24) is 9.55 Å². The first-order valence-corrected chi connectivity index (χ1v) is 5.92. The highest BCUT2D eigenvalue weighted by molar-refractivity contribution is 8.13. The first-order valence-electron chi connectivity index (χ1n) is 3.44. The molecular weight excluding hydrogens is 200 g/mol. The molecule has 0 aromatic carbocycles. The standard InChI is InChI=1S/C6H9ClN2O2S/c1-2-9-3-6(8-5-9)4-12(7,10)11/h3,5H,2,4H2,1H3. The van der Waals surface area contributed by atoms with E-state index in [9.17, 15) is 8.42 Å². The topological polar surface area (TPSA) is 52.0 Å². The maximum Gasteiger partial charge on any atom is 0.238 e. The molecule has 1 aromatic rings. The molecule has 0 fully saturated rings. The van der Waals surface area contributed by atoms with E-state index in [1.165, 1.54) is 0 Å². The van der Waals surface area contributed by atoms with Gasteiger partial charge in [-0.25, -0.2) is 13.4 Å². The van der Waals surface area contributed by atoms with Gasteiger partial charge in [0.2, 0.25) is 9.05 Å². The van der Waals surface area contributed by atoms with E-state index in [4.69, 9.17) is 10.7 Å². The summed E-state index contributed by atoms with van der Waals surface area (Å²) in [5.41, 5.74) is 0.479. The fourth-order valence-corrected chi connectivity index (χ4v) is 1.67. The number of aromatic nitrogens is 2. The number of halogens is 1. The molecule has 0 spiro atoms. The van der Waals surface area contributed by atoms with E-state index in [1.54, 1.807) is 17.1 Å². The van der Waals surface area contributed by atoms with Gasteiger partial charge >= 0.3 is 0 Å². The van der Waals surface area contributed by atoms with Crippen LogP contribution in [0.25, 0.3) is 0 Å². The number of rotatable bonds is 3. The highest BCUT2D eigenvalue weighted by Crippen LogP contribution is 2.06. The molecule has 0 aliphatic heterocycles. The Labute approximate surface area is 75.6 Å². The van der Waals surface area contributed by atoms with Crippen LogP contribution in [0, 0.1) is 0 Å². The van der Waals surface area contributed by atoms with E-state index in [0.717, 1.165) is 6.54 Å². The minimum atomic E-state index is -3.48. The SMILES string of the molecule is CCn1cnc(CS(=O)(=O)Cl)c1. The molecule has 0 amide bonds. The van der Waals surface area contributed by atoms with Crippen LogP contribution in [0.5, 0.6) is 0 Å². The second-order valence-corrected chi connectivity index (χ2v) is 5.16. The lowest BCUT2D eigenvalue weighted by atomic mass is 10.5. The Hall–Kier alpha value is -0.550. The number of aryl methyl sites for hydroxylation is 1. The molecule has 6 heteroatoms. The average Bonchev–Trinajstić information content (AvgIpc) is 2.32. The monoisotopic (exact) mass is 208 g/mol. The third-order valence-corrected chi connectivity index (χ3v) is 2.34. The largest absolute Gasteiger partial charge is 0.337 e. The van der Waals surface area contributed by atoms with Crippen molar-refractivity contribution in [3.8, 4) is 0 Å². The van der Waals surface area contributed by atoms with Gasteiger partial charge in [0.25, 0.3) is 0 Å². The van der Waals surface area contributed by atoms with Gasteiger partial charge in [0.1, 0.15) is 5.75 Å². The van der Waals surface area contributed by atoms with Crippen LogP contribution in [0.3, 0.4) is 0 Å². The van der Waals surface area contributed by atoms with Crippen molar-refractivity contribution in [3.05, 3.63) is 18.2 Å². The summed E-state index contributed by atoms with van der Waals surface area (Å²) >= 11 is 0. The highest BCUT2D eigenvalue weighted by Gasteiger charge is 2.08. The van der Waals surface area contributed by atoms with Crippen molar-refractivity contribution < 1.29 is 8.42 Å². The highest BCUT2D eigenvalue weighted by atomic mass is 35.7. The summed E-state index contributed by atoms with van der Waals surface area (Å²) < 4.78 is 23.0. The Bertz CT molecular complexity index is 357. The molecule has 1 aromatic heterocycles. The molecule has 0 atom stereocenters. The molecule has 0 aliphatic carbocycles. The maximum absolute atomic E-state index is 10.6. The quantitative estimate of drug-likeness (QED) is 0.696. The summed E-state index contributed by atoms with van der Waals surface area (Å²) in [4.78, 5) is 3.87. The zero-order valence-electron chi connectivity index (χ0n) is 6.57. The molecule has 0 unspecified atom stereocenters. The molecule has 12 heavy (non-hydrogen) atoms. The van der Waals surface area contributed by atoms with Gasteiger partial charge in [0.05, 0.1) is 12.0 Å². The van der Waals surface area contributed by atoms with E-state index in [-0.39, 0.29) is 5.75 Å². The summed E-state index contributed by atoms with van der Waals surface area (Å²) in [6.07, 6.45) is 3.25. The van der Waals surface area contributed by atoms with Crippen LogP contribution < -0.4 is 0 Å². The van der Waals surface area contributed by atoms with Gasteiger partial charge in [0, 0.05) is 23.4 Å². The van der Waals surface area contributed by atoms with Crippen molar-refractivity contribution in [1.29, 1.82) is 0 Å². The van der Waals surface area contributed by atoms with Gasteiger partial charge < -0.3 is 4.57 Å². The van der Waals surface area contributed by atoms with Gasteiger partial charge in [0.15, 0.2) is 0 Å². The summed E-state index contributed by atoms with van der Waals surface area (Å²) in [5, 5.41) is 0. The van der Waals surface area contributed by atoms with Crippen LogP contribution >= 0.6 is 10.7 Å². The molecule has 0 saturated heterocycles. The summed E-state index contributed by atoms with van der Waals surface area (Å²) in [5.74, 6) is -0.207. The maximum atomic E-state index is 10.6. The zero-order chi connectivity index (χ0) is 9.19. The van der Waals surface area contributed by atoms with Crippen LogP contribution in [-0.4, -0.2) is 18.0 Å². The second kappa shape index (κ2) is 3.45. The number of nitrogens with zero attached hydrogens (tertiary/aromatic N) is 2. The van der Waals surface area contributed by atoms with Crippen molar-refractivity contribution in [2.75, 3.05) is 0 Å². The summed E-state index contributed by atoms with van der Waals surface area (Å²) in [7, 11) is 1.57. The number of hydrogen-bond donors (Lipinski definition) is 0. The van der Waals surface area contributed by atoms with Crippen molar-refractivity contribution in [3.63, 3.8) is 0 Å². The van der Waals surface area contributed by atoms with E-state index in [2.05, 4.69) is 4.98 Å². The predicted molar refractivity (Wildman–Crippen MR) is 46.4 cm³/mol. The molecule has 1 rings (SSSR count). The van der Waals surface area contributed by atoms with E-state index >= 15 is 0 Å². The molecule has 0 saturated carbocycles. The molecule has 0 bridgehead atoms. The lowest BCUT2D eigenvalue weighted by Gasteiger charge is -1.91. The predicted octanol–water partition coefficient (Wildman–Crippen LogP) is 0.972. The van der Waals surface area contributed by atoms with Gasteiger partial charge in [-0.1, -0.05) is 0 Å². The van der Waals surface area contributed by atoms with E-state index in [1.807, 2.05) is 6.92 Å². The number of imidazole rings is 1. The zero-order valence-corrected chi connectivity index (χ0v) is 8.14. The fraction of sp³-hybridized carbons (Fsp3) is 0.500. The average molecular weight is 209 g/mol. The van der Waals surface area contributed by atoms with Crippen LogP contribution in [0.15, 0.2) is 12.5 Å². The Morgan fingerprint density at radius 3 is 2.75 bits per heavy atom. The lowest BCUT2D eigenvalue weighted by molar-refractivity contribution is 0.608. The normalized spacial score (nSPS) is 11.8. The van der Waals surface area contributed by atoms with Crippen LogP contribution in [0.2, 0.25) is 0 Å². The Morgan fingerprint density at radius 1 is 1.67 bits per heavy atom. The molecule has 4 nitrogen and oxygen atoms in total. The molecular formula is C6H9ClN2O2S. The van der Waals surface area contributed by atoms with Gasteiger partial charge in [-0.3, -0.25) is 0 Å². The number of hydrogen-bond acceptors (Lipinski definition) is 3. The van der Waals surface area contributed by atoms with E-state index < -0.39 is 9.05 Å². The van der Waals surface area contributed by atoms with Gasteiger partial charge in [-0.2, -0.15) is 0 Å². The minimum Gasteiger partial charge on any atom is -0.337 e. The molecule has 0 aliphatic rings. The lowest BCUT2D eigenvalue weighted by Crippen LogP contribution is -1.95. The smallest absolute Gasteiger partial charge is 0.238 e. The molecule has 0 N–H and O–H groups in total. The summed E-state index contributed by atoms with van der Waals surface area (Å²) in [6, 6.07) is 0. The van der Waals surface area contributed by atoms with Gasteiger partial charge in [-0.05, 0) is 6.92 Å². The third kappa shape index (κ3) is 2.83. The minimum absolute atomic E-state index is 0.207. The second-order valence-electron chi connectivity index (χ2n) is 2.38. The fourth-order valence-electron chi connectivity index (χ4n) is 0.831. The Balaban J connectivity index is 2.78. The Kier molecular flexibility index (Phi) is 2.74. The van der Waals surface area contributed by atoms with Crippen molar-refractivity contribution in [2.24, 2.45) is 0 Å². The van der Waals surface area contributed by atoms with Crippen LogP contribution in [0.4, 0.5) is 0 Å². The van der Waals surface area contributed by atoms with Crippen molar-refractivity contribution >= 4 is 19.7 Å². The third-order valence-electron chi connectivity index (χ3n) is 1.37. The molecule has 0 radical (unpaired) electrons. The van der Waals surface area contributed by atoms with Crippen LogP contribution in [-0.2, 0) is 21.3 Å². The Morgan fingerprint density at radius 2 is 2.33 bits per heavy atom. The van der Waals surface area contributed by atoms with Crippen molar-refractivity contribution in [2.45, 2.75) is 19.2 Å². The molecule has 1 heterocycles. The van der Waals surface area contributed by atoms with Gasteiger partial charge in [-0.15, -0.1) is 0 Å². The first-order chi connectivity index (χ1) is 5.51. The first kappa shape index (κ1) is 9.54.